The number of rotatable bonds is 6. The van der Waals surface area contributed by atoms with Crippen molar-refractivity contribution in [1.82, 2.24) is 0 Å². The molecule has 0 fully saturated rings. The van der Waals surface area contributed by atoms with E-state index in [1.54, 1.807) is 18.9 Å². The third kappa shape index (κ3) is 5.44. The van der Waals surface area contributed by atoms with Crippen molar-refractivity contribution in [2.45, 2.75) is 25.5 Å². The molecule has 0 heterocycles. The van der Waals surface area contributed by atoms with Gasteiger partial charge in [-0.2, -0.15) is 11.8 Å². The van der Waals surface area contributed by atoms with E-state index in [1.165, 1.54) is 0 Å². The van der Waals surface area contributed by atoms with Gasteiger partial charge in [0.1, 0.15) is 5.75 Å². The molecule has 1 atom stereocenters. The maximum Gasteiger partial charge on any atom is 0.119 e. The van der Waals surface area contributed by atoms with Crippen LogP contribution in [0, 0.1) is 0 Å². The summed E-state index contributed by atoms with van der Waals surface area (Å²) in [6.45, 7) is 3.97. The molecule has 1 aromatic carbocycles. The summed E-state index contributed by atoms with van der Waals surface area (Å²) < 4.78 is 5.13. The van der Waals surface area contributed by atoms with Crippen LogP contribution in [0.1, 0.15) is 25.5 Å². The number of hydrogen-bond donors (Lipinski definition) is 2. The highest BCUT2D eigenvalue weighted by Gasteiger charge is 2.13. The standard InChI is InChI=1S/C13H21NO2S/c1-13(2,14)9-17-8-12(15)10-5-4-6-11(7-10)16-3/h4-7,12,15H,8-9,14H2,1-3H3. The molecule has 3 nitrogen and oxygen atoms in total. The highest BCUT2D eigenvalue weighted by Crippen LogP contribution is 2.23. The number of aliphatic hydroxyl groups excluding tert-OH is 1. The molecule has 3 N–H and O–H groups in total. The first kappa shape index (κ1) is 14.4. The lowest BCUT2D eigenvalue weighted by Crippen LogP contribution is -2.35. The second kappa shape index (κ2) is 6.28. The Kier molecular flexibility index (Phi) is 5.31. The number of aliphatic hydroxyl groups is 1. The van der Waals surface area contributed by atoms with Crippen molar-refractivity contribution < 1.29 is 9.84 Å². The van der Waals surface area contributed by atoms with Crippen LogP contribution >= 0.6 is 11.8 Å². The third-order valence-corrected chi connectivity index (χ3v) is 3.73. The van der Waals surface area contributed by atoms with Gasteiger partial charge in [0.05, 0.1) is 13.2 Å². The van der Waals surface area contributed by atoms with Gasteiger partial charge >= 0.3 is 0 Å². The maximum absolute atomic E-state index is 10.0. The van der Waals surface area contributed by atoms with Gasteiger partial charge in [-0.1, -0.05) is 12.1 Å². The molecule has 0 radical (unpaired) electrons. The fraction of sp³-hybridized carbons (Fsp3) is 0.538. The molecule has 0 spiro atoms. The summed E-state index contributed by atoms with van der Waals surface area (Å²) >= 11 is 1.66. The van der Waals surface area contributed by atoms with Crippen LogP contribution in [0.2, 0.25) is 0 Å². The minimum absolute atomic E-state index is 0.196. The summed E-state index contributed by atoms with van der Waals surface area (Å²) in [6, 6.07) is 7.52. The van der Waals surface area contributed by atoms with Crippen LogP contribution in [0.5, 0.6) is 5.75 Å². The topological polar surface area (TPSA) is 55.5 Å². The van der Waals surface area contributed by atoms with E-state index in [4.69, 9.17) is 10.5 Å². The first-order valence-corrected chi connectivity index (χ1v) is 6.76. The zero-order valence-electron chi connectivity index (χ0n) is 10.6. The first-order valence-electron chi connectivity index (χ1n) is 5.61. The van der Waals surface area contributed by atoms with E-state index in [1.807, 2.05) is 38.1 Å². The van der Waals surface area contributed by atoms with Crippen molar-refractivity contribution in [2.24, 2.45) is 5.73 Å². The minimum atomic E-state index is -0.475. The molecule has 1 rings (SSSR count). The Morgan fingerprint density at radius 1 is 1.47 bits per heavy atom. The lowest BCUT2D eigenvalue weighted by atomic mass is 10.1. The minimum Gasteiger partial charge on any atom is -0.497 e. The van der Waals surface area contributed by atoms with E-state index in [9.17, 15) is 5.11 Å². The van der Waals surface area contributed by atoms with Crippen LogP contribution < -0.4 is 10.5 Å². The van der Waals surface area contributed by atoms with Gasteiger partial charge < -0.3 is 15.6 Å². The van der Waals surface area contributed by atoms with E-state index >= 15 is 0 Å². The van der Waals surface area contributed by atoms with E-state index in [0.29, 0.717) is 5.75 Å². The lowest BCUT2D eigenvalue weighted by Gasteiger charge is -2.19. The quantitative estimate of drug-likeness (QED) is 0.818. The summed E-state index contributed by atoms with van der Waals surface area (Å²) in [6.07, 6.45) is -0.475. The molecule has 4 heteroatoms. The van der Waals surface area contributed by atoms with Crippen LogP contribution in [0.4, 0.5) is 0 Å². The van der Waals surface area contributed by atoms with Crippen LogP contribution in [0.15, 0.2) is 24.3 Å². The molecule has 1 unspecified atom stereocenters. The summed E-state index contributed by atoms with van der Waals surface area (Å²) in [5.41, 5.74) is 6.57. The largest absolute Gasteiger partial charge is 0.497 e. The molecule has 0 saturated carbocycles. The molecule has 0 aromatic heterocycles. The van der Waals surface area contributed by atoms with E-state index in [-0.39, 0.29) is 5.54 Å². The summed E-state index contributed by atoms with van der Waals surface area (Å²) in [7, 11) is 1.62. The van der Waals surface area contributed by atoms with Gasteiger partial charge in [-0.3, -0.25) is 0 Å². The van der Waals surface area contributed by atoms with E-state index < -0.39 is 6.10 Å². The van der Waals surface area contributed by atoms with Crippen molar-refractivity contribution in [3.63, 3.8) is 0 Å². The Hall–Kier alpha value is -0.710. The monoisotopic (exact) mass is 255 g/mol. The highest BCUT2D eigenvalue weighted by molar-refractivity contribution is 7.99. The molecular weight excluding hydrogens is 234 g/mol. The van der Waals surface area contributed by atoms with Crippen molar-refractivity contribution in [1.29, 1.82) is 0 Å². The van der Waals surface area contributed by atoms with Crippen LogP contribution in [-0.4, -0.2) is 29.3 Å². The van der Waals surface area contributed by atoms with E-state index in [2.05, 4.69) is 0 Å². The number of nitrogens with two attached hydrogens (primary N) is 1. The predicted molar refractivity (Wildman–Crippen MR) is 73.5 cm³/mol. The zero-order chi connectivity index (χ0) is 12.9. The maximum atomic E-state index is 10.0. The SMILES string of the molecule is COc1cccc(C(O)CSCC(C)(C)N)c1. The van der Waals surface area contributed by atoms with Crippen LogP contribution in [-0.2, 0) is 0 Å². The molecule has 0 aliphatic heterocycles. The molecule has 96 valence electrons. The molecule has 0 bridgehead atoms. The second-order valence-corrected chi connectivity index (χ2v) is 5.83. The van der Waals surface area contributed by atoms with Crippen LogP contribution in [0.3, 0.4) is 0 Å². The van der Waals surface area contributed by atoms with Crippen molar-refractivity contribution in [3.05, 3.63) is 29.8 Å². The Bertz CT molecular complexity index is 350. The highest BCUT2D eigenvalue weighted by atomic mass is 32.2. The predicted octanol–water partition coefficient (Wildman–Crippen LogP) is 2.20. The fourth-order valence-electron chi connectivity index (χ4n) is 1.38. The number of benzene rings is 1. The Labute approximate surface area is 107 Å². The normalized spacial score (nSPS) is 13.5. The average molecular weight is 255 g/mol. The summed E-state index contributed by atoms with van der Waals surface area (Å²) in [4.78, 5) is 0. The van der Waals surface area contributed by atoms with Gasteiger partial charge in [-0.25, -0.2) is 0 Å². The smallest absolute Gasteiger partial charge is 0.119 e. The number of methoxy groups -OCH3 is 1. The van der Waals surface area contributed by atoms with Gasteiger partial charge in [-0.05, 0) is 31.5 Å². The van der Waals surface area contributed by atoms with Gasteiger partial charge in [0.2, 0.25) is 0 Å². The Balaban J connectivity index is 2.49. The van der Waals surface area contributed by atoms with Gasteiger partial charge in [-0.15, -0.1) is 0 Å². The Morgan fingerprint density at radius 3 is 2.76 bits per heavy atom. The Morgan fingerprint density at radius 2 is 2.18 bits per heavy atom. The van der Waals surface area contributed by atoms with Crippen molar-refractivity contribution in [2.75, 3.05) is 18.6 Å². The lowest BCUT2D eigenvalue weighted by molar-refractivity contribution is 0.203. The fourth-order valence-corrected chi connectivity index (χ4v) is 2.44. The molecule has 17 heavy (non-hydrogen) atoms. The molecule has 0 aliphatic carbocycles. The van der Waals surface area contributed by atoms with Crippen molar-refractivity contribution >= 4 is 11.8 Å². The molecule has 1 aromatic rings. The van der Waals surface area contributed by atoms with E-state index in [0.717, 1.165) is 17.1 Å². The second-order valence-electron chi connectivity index (χ2n) is 4.80. The van der Waals surface area contributed by atoms with Gasteiger partial charge in [0, 0.05) is 17.0 Å². The number of hydrogen-bond acceptors (Lipinski definition) is 4. The van der Waals surface area contributed by atoms with Crippen LogP contribution in [0.25, 0.3) is 0 Å². The molecular formula is C13H21NO2S. The summed E-state index contributed by atoms with van der Waals surface area (Å²) in [5, 5.41) is 10.0. The molecule has 0 amide bonds. The zero-order valence-corrected chi connectivity index (χ0v) is 11.5. The molecule has 0 aliphatic rings. The number of ether oxygens (including phenoxy) is 1. The third-order valence-electron chi connectivity index (χ3n) is 2.23. The number of thioether (sulfide) groups is 1. The molecule has 0 saturated heterocycles. The average Bonchev–Trinajstić information content (AvgIpc) is 2.27. The summed E-state index contributed by atoms with van der Waals surface area (Å²) in [5.74, 6) is 2.24. The van der Waals surface area contributed by atoms with Crippen molar-refractivity contribution in [3.8, 4) is 5.75 Å². The van der Waals surface area contributed by atoms with Gasteiger partial charge in [0.25, 0.3) is 0 Å². The van der Waals surface area contributed by atoms with Gasteiger partial charge in [0.15, 0.2) is 0 Å². The first-order chi connectivity index (χ1) is 7.92.